The van der Waals surface area contributed by atoms with Crippen molar-refractivity contribution in [1.82, 2.24) is 0 Å². The Morgan fingerprint density at radius 1 is 1.47 bits per heavy atom. The van der Waals surface area contributed by atoms with Gasteiger partial charge in [0.15, 0.2) is 0 Å². The zero-order chi connectivity index (χ0) is 13.0. The van der Waals surface area contributed by atoms with Crippen LogP contribution in [0.1, 0.15) is 28.7 Å². The summed E-state index contributed by atoms with van der Waals surface area (Å²) in [6.07, 6.45) is -3.13. The first-order valence-electron chi connectivity index (χ1n) is 4.61. The number of nitrogens with zero attached hydrogens (tertiary/aromatic N) is 1. The van der Waals surface area contributed by atoms with E-state index in [4.69, 9.17) is 10.4 Å². The largest absolute Gasteiger partial charge is 0.481 e. The molecular weight excluding hydrogens is 296 g/mol. The van der Waals surface area contributed by atoms with Gasteiger partial charge in [-0.05, 0) is 23.3 Å². The fraction of sp³-hybridized carbons (Fsp3) is 0.273. The number of halogens is 3. The third-order valence-corrected chi connectivity index (χ3v) is 2.81. The van der Waals surface area contributed by atoms with Gasteiger partial charge >= 0.3 is 5.97 Å². The number of rotatable bonds is 4. The SMILES string of the molecule is N#Cc1cc(CBr)c(C(F)F)cc1CC(=O)O. The zero-order valence-corrected chi connectivity index (χ0v) is 10.2. The van der Waals surface area contributed by atoms with Crippen molar-refractivity contribution in [2.45, 2.75) is 18.2 Å². The molecule has 1 rings (SSSR count). The molecule has 0 aliphatic carbocycles. The highest BCUT2D eigenvalue weighted by Crippen LogP contribution is 2.28. The molecular formula is C11H8BrF2NO2. The molecule has 0 heterocycles. The highest BCUT2D eigenvalue weighted by molar-refractivity contribution is 9.08. The van der Waals surface area contributed by atoms with E-state index in [0.717, 1.165) is 6.07 Å². The van der Waals surface area contributed by atoms with Crippen LogP contribution >= 0.6 is 15.9 Å². The molecule has 0 amide bonds. The van der Waals surface area contributed by atoms with Crippen LogP contribution in [0.5, 0.6) is 0 Å². The van der Waals surface area contributed by atoms with Gasteiger partial charge in [-0.1, -0.05) is 15.9 Å². The Hall–Kier alpha value is -1.48. The number of aliphatic carboxylic acids is 1. The summed E-state index contributed by atoms with van der Waals surface area (Å²) in [5, 5.41) is 17.7. The van der Waals surface area contributed by atoms with Gasteiger partial charge in [-0.25, -0.2) is 8.78 Å². The second-order valence-corrected chi connectivity index (χ2v) is 3.89. The molecule has 0 aliphatic rings. The Morgan fingerprint density at radius 2 is 2.12 bits per heavy atom. The number of carboxylic acid groups (broad SMARTS) is 1. The first kappa shape index (κ1) is 13.6. The average Bonchev–Trinajstić information content (AvgIpc) is 2.27. The molecule has 0 unspecified atom stereocenters. The smallest absolute Gasteiger partial charge is 0.307 e. The van der Waals surface area contributed by atoms with E-state index >= 15 is 0 Å². The Balaban J connectivity index is 3.34. The predicted octanol–water partition coefficient (Wildman–Crippen LogP) is 3.02. The number of carboxylic acids is 1. The van der Waals surface area contributed by atoms with Gasteiger partial charge in [0.05, 0.1) is 18.1 Å². The van der Waals surface area contributed by atoms with Crippen LogP contribution in [-0.4, -0.2) is 11.1 Å². The van der Waals surface area contributed by atoms with Crippen LogP contribution in [0.3, 0.4) is 0 Å². The summed E-state index contributed by atoms with van der Waals surface area (Å²) in [5.74, 6) is -1.16. The average molecular weight is 304 g/mol. The normalized spacial score (nSPS) is 10.3. The van der Waals surface area contributed by atoms with Crippen molar-refractivity contribution in [3.8, 4) is 6.07 Å². The van der Waals surface area contributed by atoms with E-state index in [2.05, 4.69) is 15.9 Å². The fourth-order valence-electron chi connectivity index (χ4n) is 1.44. The van der Waals surface area contributed by atoms with Crippen LogP contribution in [0.15, 0.2) is 12.1 Å². The lowest BCUT2D eigenvalue weighted by Crippen LogP contribution is -2.05. The van der Waals surface area contributed by atoms with Crippen molar-refractivity contribution in [3.63, 3.8) is 0 Å². The van der Waals surface area contributed by atoms with Gasteiger partial charge in [0.25, 0.3) is 6.43 Å². The van der Waals surface area contributed by atoms with E-state index in [1.807, 2.05) is 6.07 Å². The van der Waals surface area contributed by atoms with Crippen LogP contribution in [0.25, 0.3) is 0 Å². The summed E-state index contributed by atoms with van der Waals surface area (Å²) in [6, 6.07) is 4.20. The monoisotopic (exact) mass is 303 g/mol. The lowest BCUT2D eigenvalue weighted by molar-refractivity contribution is -0.136. The molecule has 3 nitrogen and oxygen atoms in total. The summed E-state index contributed by atoms with van der Waals surface area (Å²) in [5.41, 5.74) is 0.286. The number of hydrogen-bond donors (Lipinski definition) is 1. The van der Waals surface area contributed by atoms with Gasteiger partial charge in [-0.3, -0.25) is 4.79 Å². The van der Waals surface area contributed by atoms with Gasteiger partial charge < -0.3 is 5.11 Å². The maximum Gasteiger partial charge on any atom is 0.307 e. The summed E-state index contributed by atoms with van der Waals surface area (Å²) in [4.78, 5) is 10.6. The standard InChI is InChI=1S/C11H8BrF2NO2/c12-4-7-1-8(5-15)6(3-10(16)17)2-9(7)11(13)14/h1-2,11H,3-4H2,(H,16,17). The lowest BCUT2D eigenvalue weighted by atomic mass is 9.98. The summed E-state index contributed by atoms with van der Waals surface area (Å²) < 4.78 is 25.4. The molecule has 0 saturated heterocycles. The topological polar surface area (TPSA) is 61.1 Å². The minimum atomic E-state index is -2.69. The van der Waals surface area contributed by atoms with E-state index in [1.54, 1.807) is 0 Å². The van der Waals surface area contributed by atoms with Gasteiger partial charge in [0.1, 0.15) is 0 Å². The Bertz CT molecular complexity index is 483. The van der Waals surface area contributed by atoms with Crippen LogP contribution in [0.4, 0.5) is 8.78 Å². The summed E-state index contributed by atoms with van der Waals surface area (Å²) >= 11 is 3.06. The van der Waals surface area contributed by atoms with Crippen molar-refractivity contribution in [3.05, 3.63) is 34.4 Å². The first-order chi connectivity index (χ1) is 7.99. The Kier molecular flexibility index (Phi) is 4.58. The van der Waals surface area contributed by atoms with E-state index < -0.39 is 18.8 Å². The van der Waals surface area contributed by atoms with E-state index in [9.17, 15) is 13.6 Å². The second-order valence-electron chi connectivity index (χ2n) is 3.32. The van der Waals surface area contributed by atoms with Gasteiger partial charge in [0.2, 0.25) is 0 Å². The summed E-state index contributed by atoms with van der Waals surface area (Å²) in [6.45, 7) is 0. The van der Waals surface area contributed by atoms with Crippen molar-refractivity contribution < 1.29 is 18.7 Å². The molecule has 1 aromatic rings. The molecule has 1 N–H and O–H groups in total. The van der Waals surface area contributed by atoms with E-state index in [1.165, 1.54) is 6.07 Å². The minimum absolute atomic E-state index is 0.111. The van der Waals surface area contributed by atoms with Crippen LogP contribution in [0, 0.1) is 11.3 Å². The molecule has 0 spiro atoms. The van der Waals surface area contributed by atoms with Crippen molar-refractivity contribution >= 4 is 21.9 Å². The molecule has 0 radical (unpaired) electrons. The van der Waals surface area contributed by atoms with Crippen LogP contribution < -0.4 is 0 Å². The molecule has 0 fully saturated rings. The molecule has 90 valence electrons. The maximum atomic E-state index is 12.7. The number of hydrogen-bond acceptors (Lipinski definition) is 2. The van der Waals surface area contributed by atoms with Crippen molar-refractivity contribution in [1.29, 1.82) is 5.26 Å². The van der Waals surface area contributed by atoms with E-state index in [0.29, 0.717) is 5.56 Å². The molecule has 0 aliphatic heterocycles. The maximum absolute atomic E-state index is 12.7. The molecule has 0 atom stereocenters. The third kappa shape index (κ3) is 3.24. The molecule has 0 saturated carbocycles. The highest BCUT2D eigenvalue weighted by Gasteiger charge is 2.17. The third-order valence-electron chi connectivity index (χ3n) is 2.21. The first-order valence-corrected chi connectivity index (χ1v) is 5.73. The van der Waals surface area contributed by atoms with Crippen LogP contribution in [0.2, 0.25) is 0 Å². The van der Waals surface area contributed by atoms with Crippen molar-refractivity contribution in [2.75, 3.05) is 0 Å². The van der Waals surface area contributed by atoms with Gasteiger partial charge in [-0.2, -0.15) is 5.26 Å². The minimum Gasteiger partial charge on any atom is -0.481 e. The number of benzene rings is 1. The highest BCUT2D eigenvalue weighted by atomic mass is 79.9. The predicted molar refractivity (Wildman–Crippen MR) is 60.1 cm³/mol. The van der Waals surface area contributed by atoms with Gasteiger partial charge in [-0.15, -0.1) is 0 Å². The molecule has 0 bridgehead atoms. The number of alkyl halides is 3. The van der Waals surface area contributed by atoms with Gasteiger partial charge in [0, 0.05) is 10.9 Å². The van der Waals surface area contributed by atoms with E-state index in [-0.39, 0.29) is 22.0 Å². The lowest BCUT2D eigenvalue weighted by Gasteiger charge is -2.10. The zero-order valence-electron chi connectivity index (χ0n) is 8.58. The number of nitriles is 1. The quantitative estimate of drug-likeness (QED) is 0.870. The molecule has 6 heteroatoms. The Morgan fingerprint density at radius 3 is 2.53 bits per heavy atom. The Labute approximate surface area is 105 Å². The summed E-state index contributed by atoms with van der Waals surface area (Å²) in [7, 11) is 0. The second kappa shape index (κ2) is 5.73. The number of carbonyl (C=O) groups is 1. The van der Waals surface area contributed by atoms with Crippen LogP contribution in [-0.2, 0) is 16.5 Å². The molecule has 0 aromatic heterocycles. The van der Waals surface area contributed by atoms with Crippen molar-refractivity contribution in [2.24, 2.45) is 0 Å². The molecule has 17 heavy (non-hydrogen) atoms. The molecule has 1 aromatic carbocycles. The fourth-order valence-corrected chi connectivity index (χ4v) is 1.93.